The fourth-order valence-corrected chi connectivity index (χ4v) is 9.57. The number of aliphatic hydroxyl groups excluding tert-OH is 5. The Labute approximate surface area is 199 Å². The van der Waals surface area contributed by atoms with Gasteiger partial charge in [-0.25, -0.2) is 0 Å². The van der Waals surface area contributed by atoms with Gasteiger partial charge in [0.05, 0.1) is 30.0 Å². The number of hydrogen-bond donors (Lipinski definition) is 6. The Morgan fingerprint density at radius 2 is 1.58 bits per heavy atom. The summed E-state index contributed by atoms with van der Waals surface area (Å²) in [6.45, 7) is 8.70. The fourth-order valence-electron chi connectivity index (χ4n) is 9.57. The van der Waals surface area contributed by atoms with Gasteiger partial charge in [-0.05, 0) is 78.9 Å². The van der Waals surface area contributed by atoms with Gasteiger partial charge in [-0.15, -0.1) is 0 Å². The Hall–Kier alpha value is -0.240. The third-order valence-electron chi connectivity index (χ3n) is 11.1. The summed E-state index contributed by atoms with van der Waals surface area (Å²) in [5.74, 6) is -0.211. The molecule has 6 N–H and O–H groups in total. The van der Waals surface area contributed by atoms with Crippen LogP contribution >= 0.6 is 0 Å². The molecule has 0 aromatic rings. The Kier molecular flexibility index (Phi) is 7.05. The van der Waals surface area contributed by atoms with Gasteiger partial charge in [0.1, 0.15) is 0 Å². The fraction of sp³-hybridized carbons (Fsp3) is 1.00. The Morgan fingerprint density at radius 1 is 0.909 bits per heavy atom. The molecule has 4 fully saturated rings. The maximum absolute atomic E-state index is 12.3. The van der Waals surface area contributed by atoms with Gasteiger partial charge in [0, 0.05) is 18.9 Å². The van der Waals surface area contributed by atoms with E-state index < -0.39 is 41.3 Å². The Morgan fingerprint density at radius 3 is 2.24 bits per heavy atom. The topological polar surface area (TPSA) is 121 Å². The van der Waals surface area contributed by atoms with Crippen LogP contribution < -0.4 is 0 Å². The van der Waals surface area contributed by atoms with Crippen molar-refractivity contribution in [2.75, 3.05) is 6.61 Å². The van der Waals surface area contributed by atoms with Crippen LogP contribution in [0.1, 0.15) is 85.5 Å². The quantitative estimate of drug-likeness (QED) is 0.356. The third kappa shape index (κ3) is 3.92. The van der Waals surface area contributed by atoms with Gasteiger partial charge in [-0.2, -0.15) is 0 Å². The van der Waals surface area contributed by atoms with E-state index in [1.807, 2.05) is 6.92 Å². The molecule has 0 saturated heterocycles. The molecule has 0 heterocycles. The zero-order valence-corrected chi connectivity index (χ0v) is 21.0. The second-order valence-electron chi connectivity index (χ2n) is 13.1. The SMILES string of the molecule is C[C@H](CO)CCC[C@@H](C)[C@H]1[C@@H](O)[C@H](O)C2[C@]3(O)C[C@@H](O)C4C[C@@H](O)CC[C@]4(C)C3CC[C@@]21C. The number of hydrogen-bond acceptors (Lipinski definition) is 6. The average molecular weight is 469 g/mol. The van der Waals surface area contributed by atoms with E-state index in [-0.39, 0.29) is 48.0 Å². The largest absolute Gasteiger partial charge is 0.396 e. The minimum Gasteiger partial charge on any atom is -0.396 e. The van der Waals surface area contributed by atoms with Crippen molar-refractivity contribution in [3.8, 4) is 0 Å². The molecule has 6 nitrogen and oxygen atoms in total. The van der Waals surface area contributed by atoms with Crippen LogP contribution in [0.3, 0.4) is 0 Å². The highest BCUT2D eigenvalue weighted by molar-refractivity contribution is 5.21. The molecule has 0 aromatic heterocycles. The van der Waals surface area contributed by atoms with Crippen LogP contribution in [0.15, 0.2) is 0 Å². The van der Waals surface area contributed by atoms with E-state index in [0.717, 1.165) is 38.5 Å². The van der Waals surface area contributed by atoms with Crippen LogP contribution in [0, 0.1) is 46.3 Å². The molecule has 33 heavy (non-hydrogen) atoms. The van der Waals surface area contributed by atoms with Crippen LogP contribution in [-0.4, -0.2) is 67.3 Å². The molecular weight excluding hydrogens is 420 g/mol. The van der Waals surface area contributed by atoms with Crippen molar-refractivity contribution >= 4 is 0 Å². The van der Waals surface area contributed by atoms with E-state index in [0.29, 0.717) is 12.8 Å². The molecule has 0 amide bonds. The highest BCUT2D eigenvalue weighted by atomic mass is 16.3. The molecule has 0 aromatic carbocycles. The zero-order chi connectivity index (χ0) is 24.3. The van der Waals surface area contributed by atoms with Crippen molar-refractivity contribution in [3.05, 3.63) is 0 Å². The highest BCUT2D eigenvalue weighted by Crippen LogP contribution is 2.69. The molecule has 4 rings (SSSR count). The lowest BCUT2D eigenvalue weighted by Crippen LogP contribution is -2.68. The van der Waals surface area contributed by atoms with Crippen LogP contribution in [0.25, 0.3) is 0 Å². The number of fused-ring (bicyclic) bond motifs is 5. The second kappa shape index (κ2) is 9.01. The van der Waals surface area contributed by atoms with Crippen molar-refractivity contribution in [1.82, 2.24) is 0 Å². The van der Waals surface area contributed by atoms with Crippen LogP contribution in [-0.2, 0) is 0 Å². The summed E-state index contributed by atoms with van der Waals surface area (Å²) < 4.78 is 0. The van der Waals surface area contributed by atoms with Gasteiger partial charge in [-0.3, -0.25) is 0 Å². The molecule has 4 aliphatic carbocycles. The first-order chi connectivity index (χ1) is 15.4. The molecule has 0 spiro atoms. The van der Waals surface area contributed by atoms with Crippen molar-refractivity contribution in [2.24, 2.45) is 46.3 Å². The number of aliphatic hydroxyl groups is 6. The number of rotatable bonds is 6. The predicted molar refractivity (Wildman–Crippen MR) is 126 cm³/mol. The Balaban J connectivity index is 1.61. The molecule has 0 aliphatic heterocycles. The van der Waals surface area contributed by atoms with E-state index in [4.69, 9.17) is 0 Å². The normalized spacial score (nSPS) is 53.6. The van der Waals surface area contributed by atoms with E-state index in [2.05, 4.69) is 20.8 Å². The van der Waals surface area contributed by atoms with Gasteiger partial charge in [0.25, 0.3) is 0 Å². The van der Waals surface area contributed by atoms with Crippen molar-refractivity contribution in [3.63, 3.8) is 0 Å². The minimum atomic E-state index is -1.22. The standard InChI is InChI=1S/C27H48O6/c1-15(14-28)6-5-7-16(2)21-22(31)23(32)24-26(21,4)11-9-20-25(3)10-8-17(29)12-18(25)19(30)13-27(20,24)33/h15-24,28-33H,5-14H2,1-4H3/t15-,16+,17-,18?,19+,20?,21-,22+,23-,24?,25-,26+,27-/m0/s1. The summed E-state index contributed by atoms with van der Waals surface area (Å²) in [7, 11) is 0. The first-order valence-corrected chi connectivity index (χ1v) is 13.5. The van der Waals surface area contributed by atoms with Gasteiger partial charge in [0.2, 0.25) is 0 Å². The average Bonchev–Trinajstić information content (AvgIpc) is 2.95. The van der Waals surface area contributed by atoms with E-state index in [1.54, 1.807) is 0 Å². The first kappa shape index (κ1) is 25.8. The molecule has 6 heteroatoms. The van der Waals surface area contributed by atoms with Crippen LogP contribution in [0.2, 0.25) is 0 Å². The summed E-state index contributed by atoms with van der Waals surface area (Å²) >= 11 is 0. The van der Waals surface area contributed by atoms with Crippen molar-refractivity contribution in [2.45, 2.75) is 115 Å². The van der Waals surface area contributed by atoms with E-state index >= 15 is 0 Å². The minimum absolute atomic E-state index is 0.0393. The molecule has 192 valence electrons. The van der Waals surface area contributed by atoms with Gasteiger partial charge in [-0.1, -0.05) is 40.5 Å². The summed E-state index contributed by atoms with van der Waals surface area (Å²) in [4.78, 5) is 0. The van der Waals surface area contributed by atoms with Crippen molar-refractivity contribution in [1.29, 1.82) is 0 Å². The van der Waals surface area contributed by atoms with E-state index in [1.165, 1.54) is 0 Å². The lowest BCUT2D eigenvalue weighted by Gasteiger charge is -2.65. The molecule has 13 atom stereocenters. The summed E-state index contributed by atoms with van der Waals surface area (Å²) in [6.07, 6.45) is 3.75. The van der Waals surface area contributed by atoms with Crippen LogP contribution in [0.4, 0.5) is 0 Å². The predicted octanol–water partition coefficient (Wildman–Crippen LogP) is 2.47. The van der Waals surface area contributed by atoms with Gasteiger partial charge in [0.15, 0.2) is 0 Å². The third-order valence-corrected chi connectivity index (χ3v) is 11.1. The van der Waals surface area contributed by atoms with Crippen molar-refractivity contribution < 1.29 is 30.6 Å². The Bertz CT molecular complexity index is 702. The maximum atomic E-state index is 12.3. The monoisotopic (exact) mass is 468 g/mol. The summed E-state index contributed by atoms with van der Waals surface area (Å²) in [6, 6.07) is 0. The summed E-state index contributed by atoms with van der Waals surface area (Å²) in [5.41, 5.74) is -1.90. The molecule has 0 bridgehead atoms. The lowest BCUT2D eigenvalue weighted by atomic mass is 9.42. The maximum Gasteiger partial charge on any atom is 0.0863 e. The molecular formula is C27H48O6. The zero-order valence-electron chi connectivity index (χ0n) is 21.0. The highest BCUT2D eigenvalue weighted by Gasteiger charge is 2.72. The van der Waals surface area contributed by atoms with E-state index in [9.17, 15) is 30.6 Å². The smallest absolute Gasteiger partial charge is 0.0863 e. The molecule has 4 aliphatic rings. The first-order valence-electron chi connectivity index (χ1n) is 13.5. The van der Waals surface area contributed by atoms with Gasteiger partial charge >= 0.3 is 0 Å². The molecule has 3 unspecified atom stereocenters. The summed E-state index contributed by atoms with van der Waals surface area (Å²) in [5, 5.41) is 65.7. The lowest BCUT2D eigenvalue weighted by molar-refractivity contribution is -0.264. The van der Waals surface area contributed by atoms with Crippen LogP contribution in [0.5, 0.6) is 0 Å². The molecule has 0 radical (unpaired) electrons. The molecule has 4 saturated carbocycles. The second-order valence-corrected chi connectivity index (χ2v) is 13.1. The van der Waals surface area contributed by atoms with Gasteiger partial charge < -0.3 is 30.6 Å².